The Morgan fingerprint density at radius 3 is 2.55 bits per heavy atom. The first-order valence-corrected chi connectivity index (χ1v) is 10.1. The molecule has 1 fully saturated rings. The van der Waals surface area contributed by atoms with Gasteiger partial charge in [0.25, 0.3) is 5.91 Å². The molecule has 154 valence electrons. The van der Waals surface area contributed by atoms with Crippen LogP contribution in [-0.4, -0.2) is 52.9 Å². The summed E-state index contributed by atoms with van der Waals surface area (Å²) in [6.07, 6.45) is 2.37. The largest absolute Gasteiger partial charge is 0.353 e. The molecule has 1 N–H and O–H groups in total. The third-order valence-corrected chi connectivity index (χ3v) is 5.61. The zero-order chi connectivity index (χ0) is 21.0. The van der Waals surface area contributed by atoms with Crippen LogP contribution in [0.2, 0.25) is 0 Å². The van der Waals surface area contributed by atoms with Crippen molar-refractivity contribution in [2.75, 3.05) is 36.4 Å². The molecule has 1 aliphatic heterocycles. The summed E-state index contributed by atoms with van der Waals surface area (Å²) >= 11 is 0. The van der Waals surface area contributed by atoms with Crippen LogP contribution in [0.4, 0.5) is 11.5 Å². The predicted octanol–water partition coefficient (Wildman–Crippen LogP) is 3.04. The number of aromatic nitrogens is 2. The molecule has 29 heavy (non-hydrogen) atoms. The Morgan fingerprint density at radius 2 is 1.86 bits per heavy atom. The van der Waals surface area contributed by atoms with Gasteiger partial charge in [0.05, 0.1) is 0 Å². The Bertz CT molecular complexity index is 891. The molecule has 7 heteroatoms. The van der Waals surface area contributed by atoms with Crippen molar-refractivity contribution < 1.29 is 9.59 Å². The van der Waals surface area contributed by atoms with Crippen LogP contribution in [0.1, 0.15) is 41.9 Å². The number of hydrogen-bond acceptors (Lipinski definition) is 5. The van der Waals surface area contributed by atoms with Crippen molar-refractivity contribution in [2.45, 2.75) is 34.1 Å². The highest BCUT2D eigenvalue weighted by atomic mass is 16.2. The van der Waals surface area contributed by atoms with E-state index in [-0.39, 0.29) is 17.7 Å². The molecule has 0 bridgehead atoms. The monoisotopic (exact) mass is 395 g/mol. The first-order chi connectivity index (χ1) is 13.9. The van der Waals surface area contributed by atoms with Gasteiger partial charge >= 0.3 is 0 Å². The number of hydrogen-bond donors (Lipinski definition) is 1. The average molecular weight is 396 g/mol. The first-order valence-electron chi connectivity index (χ1n) is 10.1. The second kappa shape index (κ2) is 9.03. The van der Waals surface area contributed by atoms with Crippen LogP contribution in [0.5, 0.6) is 0 Å². The van der Waals surface area contributed by atoms with Gasteiger partial charge < -0.3 is 15.1 Å². The molecule has 1 saturated heterocycles. The Labute approximate surface area is 172 Å². The SMILES string of the molecule is CCC(C)C(=O)Nc1cccc(C(=O)N2CCN(c3ncnc(C)c3C)CC2)c1. The molecule has 0 radical (unpaired) electrons. The molecule has 1 aliphatic rings. The van der Waals surface area contributed by atoms with Crippen molar-refractivity contribution in [1.29, 1.82) is 0 Å². The van der Waals surface area contributed by atoms with Crippen molar-refractivity contribution in [3.05, 3.63) is 47.4 Å². The summed E-state index contributed by atoms with van der Waals surface area (Å²) in [7, 11) is 0. The lowest BCUT2D eigenvalue weighted by atomic mass is 10.1. The van der Waals surface area contributed by atoms with Crippen LogP contribution in [0, 0.1) is 19.8 Å². The van der Waals surface area contributed by atoms with Crippen molar-refractivity contribution in [1.82, 2.24) is 14.9 Å². The fourth-order valence-electron chi connectivity index (χ4n) is 3.33. The number of nitrogens with zero attached hydrogens (tertiary/aromatic N) is 4. The van der Waals surface area contributed by atoms with Gasteiger partial charge in [0.2, 0.25) is 5.91 Å². The van der Waals surface area contributed by atoms with Crippen LogP contribution in [0.15, 0.2) is 30.6 Å². The molecule has 3 rings (SSSR count). The van der Waals surface area contributed by atoms with Crippen LogP contribution in [0.25, 0.3) is 0 Å². The van der Waals surface area contributed by atoms with E-state index in [4.69, 9.17) is 0 Å². The van der Waals surface area contributed by atoms with E-state index >= 15 is 0 Å². The minimum atomic E-state index is -0.0590. The van der Waals surface area contributed by atoms with E-state index in [1.807, 2.05) is 44.7 Å². The number of benzene rings is 1. The quantitative estimate of drug-likeness (QED) is 0.842. The fraction of sp³-hybridized carbons (Fsp3) is 0.455. The maximum atomic E-state index is 13.0. The lowest BCUT2D eigenvalue weighted by molar-refractivity contribution is -0.119. The maximum absolute atomic E-state index is 13.0. The van der Waals surface area contributed by atoms with Gasteiger partial charge in [-0.1, -0.05) is 19.9 Å². The van der Waals surface area contributed by atoms with Crippen LogP contribution >= 0.6 is 0 Å². The molecule has 0 aliphatic carbocycles. The summed E-state index contributed by atoms with van der Waals surface area (Å²) in [5.74, 6) is 0.844. The standard InChI is InChI=1S/C22H29N5O2/c1-5-15(2)21(28)25-19-8-6-7-18(13-19)22(29)27-11-9-26(10-12-27)20-16(3)17(4)23-14-24-20/h6-8,13-15H,5,9-12H2,1-4H3,(H,25,28). The van der Waals surface area contributed by atoms with Gasteiger partial charge in [-0.25, -0.2) is 9.97 Å². The first kappa shape index (κ1) is 20.8. The van der Waals surface area contributed by atoms with E-state index < -0.39 is 0 Å². The van der Waals surface area contributed by atoms with Gasteiger partial charge in [0, 0.05) is 54.6 Å². The van der Waals surface area contributed by atoms with E-state index in [1.54, 1.807) is 18.5 Å². The Balaban J connectivity index is 1.64. The van der Waals surface area contributed by atoms with Crippen LogP contribution < -0.4 is 10.2 Å². The minimum absolute atomic E-state index is 0.0140. The van der Waals surface area contributed by atoms with Gasteiger partial charge in [-0.15, -0.1) is 0 Å². The lowest BCUT2D eigenvalue weighted by Crippen LogP contribution is -2.49. The smallest absolute Gasteiger partial charge is 0.254 e. The van der Waals surface area contributed by atoms with E-state index in [0.29, 0.717) is 24.3 Å². The van der Waals surface area contributed by atoms with E-state index in [1.165, 1.54) is 0 Å². The van der Waals surface area contributed by atoms with Crippen LogP contribution in [-0.2, 0) is 4.79 Å². The fourth-order valence-corrected chi connectivity index (χ4v) is 3.33. The lowest BCUT2D eigenvalue weighted by Gasteiger charge is -2.36. The number of aryl methyl sites for hydroxylation is 1. The zero-order valence-electron chi connectivity index (χ0n) is 17.6. The number of carbonyl (C=O) groups excluding carboxylic acids is 2. The number of nitrogens with one attached hydrogen (secondary N) is 1. The highest BCUT2D eigenvalue weighted by Gasteiger charge is 2.24. The normalized spacial score (nSPS) is 15.2. The van der Waals surface area contributed by atoms with Crippen molar-refractivity contribution >= 4 is 23.3 Å². The Morgan fingerprint density at radius 1 is 1.14 bits per heavy atom. The summed E-state index contributed by atoms with van der Waals surface area (Å²) in [6, 6.07) is 7.18. The predicted molar refractivity (Wildman–Crippen MR) is 114 cm³/mol. The highest BCUT2D eigenvalue weighted by molar-refractivity contribution is 5.97. The number of amides is 2. The second-order valence-electron chi connectivity index (χ2n) is 7.57. The topological polar surface area (TPSA) is 78.4 Å². The maximum Gasteiger partial charge on any atom is 0.254 e. The number of rotatable bonds is 5. The molecular weight excluding hydrogens is 366 g/mol. The second-order valence-corrected chi connectivity index (χ2v) is 7.57. The van der Waals surface area contributed by atoms with Gasteiger partial charge in [0.1, 0.15) is 12.1 Å². The van der Waals surface area contributed by atoms with E-state index in [9.17, 15) is 9.59 Å². The molecule has 0 saturated carbocycles. The highest BCUT2D eigenvalue weighted by Crippen LogP contribution is 2.21. The summed E-state index contributed by atoms with van der Waals surface area (Å²) < 4.78 is 0. The summed E-state index contributed by atoms with van der Waals surface area (Å²) in [5, 5.41) is 2.90. The Kier molecular flexibility index (Phi) is 6.46. The van der Waals surface area contributed by atoms with Gasteiger partial charge in [0.15, 0.2) is 0 Å². The van der Waals surface area contributed by atoms with Crippen LogP contribution in [0.3, 0.4) is 0 Å². The minimum Gasteiger partial charge on any atom is -0.353 e. The van der Waals surface area contributed by atoms with E-state index in [2.05, 4.69) is 20.2 Å². The Hall–Kier alpha value is -2.96. The van der Waals surface area contributed by atoms with Gasteiger partial charge in [-0.05, 0) is 38.5 Å². The molecule has 2 aromatic rings. The molecule has 0 spiro atoms. The number of piperazine rings is 1. The number of anilines is 2. The molecule has 1 aromatic carbocycles. The third-order valence-electron chi connectivity index (χ3n) is 5.61. The van der Waals surface area contributed by atoms with Crippen molar-refractivity contribution in [3.63, 3.8) is 0 Å². The molecule has 1 atom stereocenters. The zero-order valence-corrected chi connectivity index (χ0v) is 17.6. The van der Waals surface area contributed by atoms with Crippen molar-refractivity contribution in [3.8, 4) is 0 Å². The van der Waals surface area contributed by atoms with E-state index in [0.717, 1.165) is 36.6 Å². The van der Waals surface area contributed by atoms with Gasteiger partial charge in [-0.2, -0.15) is 0 Å². The molecule has 2 heterocycles. The summed E-state index contributed by atoms with van der Waals surface area (Å²) in [6.45, 7) is 10.6. The van der Waals surface area contributed by atoms with Crippen molar-refractivity contribution in [2.24, 2.45) is 5.92 Å². The van der Waals surface area contributed by atoms with Gasteiger partial charge in [-0.3, -0.25) is 9.59 Å². The third kappa shape index (κ3) is 4.72. The average Bonchev–Trinajstić information content (AvgIpc) is 2.75. The number of carbonyl (C=O) groups is 2. The molecule has 1 aromatic heterocycles. The molecule has 7 nitrogen and oxygen atoms in total. The molecule has 2 amide bonds. The molecule has 1 unspecified atom stereocenters. The molecular formula is C22H29N5O2. The summed E-state index contributed by atoms with van der Waals surface area (Å²) in [4.78, 5) is 37.8. The summed E-state index contributed by atoms with van der Waals surface area (Å²) in [5.41, 5.74) is 3.31.